The summed E-state index contributed by atoms with van der Waals surface area (Å²) < 4.78 is 5.30. The van der Waals surface area contributed by atoms with Crippen LogP contribution in [0.1, 0.15) is 47.5 Å². The highest BCUT2D eigenvalue weighted by molar-refractivity contribution is 4.69. The zero-order valence-electron chi connectivity index (χ0n) is 9.31. The normalized spacial score (nSPS) is 14.8. The van der Waals surface area contributed by atoms with E-state index in [9.17, 15) is 0 Å². The van der Waals surface area contributed by atoms with Crippen molar-refractivity contribution in [1.29, 1.82) is 0 Å². The van der Waals surface area contributed by atoms with Crippen LogP contribution in [0.25, 0.3) is 0 Å². The van der Waals surface area contributed by atoms with Gasteiger partial charge >= 0.3 is 0 Å². The lowest BCUT2D eigenvalue weighted by Crippen LogP contribution is -2.17. The van der Waals surface area contributed by atoms with Gasteiger partial charge in [-0.15, -0.1) is 0 Å². The summed E-state index contributed by atoms with van der Waals surface area (Å²) in [6.07, 6.45) is 2.48. The van der Waals surface area contributed by atoms with Crippen LogP contribution in [0.3, 0.4) is 0 Å². The molecule has 0 radical (unpaired) electrons. The van der Waals surface area contributed by atoms with E-state index in [2.05, 4.69) is 27.7 Å². The molecule has 0 bridgehead atoms. The van der Waals surface area contributed by atoms with Crippen molar-refractivity contribution in [2.75, 3.05) is 13.2 Å². The van der Waals surface area contributed by atoms with E-state index < -0.39 is 0 Å². The molecule has 74 valence electrons. The number of rotatable bonds is 5. The topological polar surface area (TPSA) is 9.23 Å². The van der Waals surface area contributed by atoms with E-state index in [0.29, 0.717) is 5.41 Å². The van der Waals surface area contributed by atoms with E-state index in [1.54, 1.807) is 0 Å². The van der Waals surface area contributed by atoms with E-state index in [4.69, 9.17) is 4.74 Å². The molecular weight excluding hydrogens is 148 g/mol. The van der Waals surface area contributed by atoms with Gasteiger partial charge in [0, 0.05) is 13.2 Å². The first kappa shape index (κ1) is 12.0. The average Bonchev–Trinajstić information content (AvgIpc) is 1.96. The summed E-state index contributed by atoms with van der Waals surface area (Å²) in [5.74, 6) is 0.790. The SMILES string of the molecule is CCOCCCC(C)C(C)(C)C. The predicted octanol–water partition coefficient (Wildman–Crippen LogP) is 3.49. The van der Waals surface area contributed by atoms with Crippen LogP contribution in [0.15, 0.2) is 0 Å². The molecule has 0 aromatic heterocycles. The fourth-order valence-corrected chi connectivity index (χ4v) is 1.07. The van der Waals surface area contributed by atoms with Gasteiger partial charge in [0.2, 0.25) is 0 Å². The van der Waals surface area contributed by atoms with Crippen LogP contribution in [0.2, 0.25) is 0 Å². The standard InChI is InChI=1S/C11H24O/c1-6-12-9-7-8-10(2)11(3,4)5/h10H,6-9H2,1-5H3. The molecule has 1 unspecified atom stereocenters. The molecule has 0 heterocycles. The average molecular weight is 172 g/mol. The molecular formula is C11H24O. The van der Waals surface area contributed by atoms with Gasteiger partial charge in [-0.3, -0.25) is 0 Å². The Morgan fingerprint density at radius 3 is 2.25 bits per heavy atom. The fraction of sp³-hybridized carbons (Fsp3) is 1.00. The van der Waals surface area contributed by atoms with Crippen molar-refractivity contribution in [2.45, 2.75) is 47.5 Å². The molecule has 0 rings (SSSR count). The Balaban J connectivity index is 3.38. The molecule has 1 atom stereocenters. The summed E-state index contributed by atoms with van der Waals surface area (Å²) >= 11 is 0. The highest BCUT2D eigenvalue weighted by Crippen LogP contribution is 2.28. The molecule has 0 saturated carbocycles. The first-order valence-corrected chi connectivity index (χ1v) is 5.06. The Morgan fingerprint density at radius 2 is 1.83 bits per heavy atom. The van der Waals surface area contributed by atoms with Crippen molar-refractivity contribution < 1.29 is 4.74 Å². The van der Waals surface area contributed by atoms with Crippen LogP contribution in [-0.4, -0.2) is 13.2 Å². The minimum Gasteiger partial charge on any atom is -0.382 e. The van der Waals surface area contributed by atoms with Crippen LogP contribution in [0, 0.1) is 11.3 Å². The summed E-state index contributed by atoms with van der Waals surface area (Å²) in [5, 5.41) is 0. The third kappa shape index (κ3) is 5.59. The van der Waals surface area contributed by atoms with Crippen molar-refractivity contribution >= 4 is 0 Å². The number of hydrogen-bond donors (Lipinski definition) is 0. The second-order valence-corrected chi connectivity index (χ2v) is 4.61. The zero-order chi connectivity index (χ0) is 9.61. The molecule has 0 aliphatic heterocycles. The van der Waals surface area contributed by atoms with Gasteiger partial charge in [-0.25, -0.2) is 0 Å². The van der Waals surface area contributed by atoms with Gasteiger partial charge in [-0.1, -0.05) is 27.7 Å². The predicted molar refractivity (Wildman–Crippen MR) is 54.3 cm³/mol. The molecule has 12 heavy (non-hydrogen) atoms. The van der Waals surface area contributed by atoms with Gasteiger partial charge in [0.1, 0.15) is 0 Å². The Morgan fingerprint density at radius 1 is 1.25 bits per heavy atom. The molecule has 0 N–H and O–H groups in total. The lowest BCUT2D eigenvalue weighted by molar-refractivity contribution is 0.131. The molecule has 0 amide bonds. The maximum atomic E-state index is 5.30. The van der Waals surface area contributed by atoms with Crippen molar-refractivity contribution in [3.05, 3.63) is 0 Å². The van der Waals surface area contributed by atoms with Crippen molar-refractivity contribution in [3.63, 3.8) is 0 Å². The van der Waals surface area contributed by atoms with E-state index in [0.717, 1.165) is 19.1 Å². The molecule has 1 nitrogen and oxygen atoms in total. The Labute approximate surface area is 77.5 Å². The van der Waals surface area contributed by atoms with E-state index in [-0.39, 0.29) is 0 Å². The van der Waals surface area contributed by atoms with E-state index in [1.807, 2.05) is 6.92 Å². The molecule has 0 saturated heterocycles. The first-order valence-electron chi connectivity index (χ1n) is 5.06. The van der Waals surface area contributed by atoms with E-state index in [1.165, 1.54) is 12.8 Å². The van der Waals surface area contributed by atoms with Gasteiger partial charge in [-0.05, 0) is 31.1 Å². The van der Waals surface area contributed by atoms with E-state index >= 15 is 0 Å². The minimum absolute atomic E-state index is 0.451. The second-order valence-electron chi connectivity index (χ2n) is 4.61. The highest BCUT2D eigenvalue weighted by Gasteiger charge is 2.18. The summed E-state index contributed by atoms with van der Waals surface area (Å²) in [4.78, 5) is 0. The molecule has 0 fully saturated rings. The van der Waals surface area contributed by atoms with Crippen molar-refractivity contribution in [1.82, 2.24) is 0 Å². The number of ether oxygens (including phenoxy) is 1. The lowest BCUT2D eigenvalue weighted by Gasteiger charge is -2.27. The molecule has 0 aromatic carbocycles. The van der Waals surface area contributed by atoms with Gasteiger partial charge < -0.3 is 4.74 Å². The Bertz CT molecular complexity index is 102. The first-order chi connectivity index (χ1) is 5.48. The molecule has 0 spiro atoms. The van der Waals surface area contributed by atoms with Crippen molar-refractivity contribution in [2.24, 2.45) is 11.3 Å². The molecule has 0 aliphatic carbocycles. The second kappa shape index (κ2) is 5.58. The summed E-state index contributed by atoms with van der Waals surface area (Å²) in [6, 6.07) is 0. The van der Waals surface area contributed by atoms with Gasteiger partial charge in [0.15, 0.2) is 0 Å². The highest BCUT2D eigenvalue weighted by atomic mass is 16.5. The van der Waals surface area contributed by atoms with Crippen LogP contribution in [0.4, 0.5) is 0 Å². The van der Waals surface area contributed by atoms with Crippen LogP contribution in [0.5, 0.6) is 0 Å². The third-order valence-corrected chi connectivity index (χ3v) is 2.61. The smallest absolute Gasteiger partial charge is 0.0465 e. The van der Waals surface area contributed by atoms with Gasteiger partial charge in [0.05, 0.1) is 0 Å². The monoisotopic (exact) mass is 172 g/mol. The summed E-state index contributed by atoms with van der Waals surface area (Å²) in [7, 11) is 0. The van der Waals surface area contributed by atoms with Gasteiger partial charge in [-0.2, -0.15) is 0 Å². The summed E-state index contributed by atoms with van der Waals surface area (Å²) in [6.45, 7) is 13.1. The lowest BCUT2D eigenvalue weighted by atomic mass is 9.79. The van der Waals surface area contributed by atoms with Crippen LogP contribution in [-0.2, 0) is 4.74 Å². The maximum Gasteiger partial charge on any atom is 0.0465 e. The largest absolute Gasteiger partial charge is 0.382 e. The molecule has 1 heteroatoms. The maximum absolute atomic E-state index is 5.30. The Hall–Kier alpha value is -0.0400. The zero-order valence-corrected chi connectivity index (χ0v) is 9.31. The third-order valence-electron chi connectivity index (χ3n) is 2.61. The van der Waals surface area contributed by atoms with Gasteiger partial charge in [0.25, 0.3) is 0 Å². The Kier molecular flexibility index (Phi) is 5.56. The van der Waals surface area contributed by atoms with Crippen LogP contribution < -0.4 is 0 Å². The number of hydrogen-bond acceptors (Lipinski definition) is 1. The molecule has 0 aliphatic rings. The van der Waals surface area contributed by atoms with Crippen LogP contribution >= 0.6 is 0 Å². The molecule has 0 aromatic rings. The quantitative estimate of drug-likeness (QED) is 0.577. The summed E-state index contributed by atoms with van der Waals surface area (Å²) in [5.41, 5.74) is 0.451. The fourth-order valence-electron chi connectivity index (χ4n) is 1.07. The minimum atomic E-state index is 0.451. The van der Waals surface area contributed by atoms with Crippen molar-refractivity contribution in [3.8, 4) is 0 Å².